The fourth-order valence-electron chi connectivity index (χ4n) is 3.98. The molecule has 190 valence electrons. The summed E-state index contributed by atoms with van der Waals surface area (Å²) in [6.07, 6.45) is 3.28. The van der Waals surface area contributed by atoms with Gasteiger partial charge in [-0.05, 0) is 67.0 Å². The van der Waals surface area contributed by atoms with E-state index in [0.29, 0.717) is 13.0 Å². The Morgan fingerprint density at radius 2 is 1.94 bits per heavy atom. The van der Waals surface area contributed by atoms with Gasteiger partial charge in [-0.25, -0.2) is 4.98 Å². The Morgan fingerprint density at radius 3 is 2.69 bits per heavy atom. The van der Waals surface area contributed by atoms with Crippen molar-refractivity contribution < 1.29 is 9.53 Å². The van der Waals surface area contributed by atoms with E-state index in [1.807, 2.05) is 29.2 Å². The Hall–Kier alpha value is -1.35. The number of thioether (sulfide) groups is 1. The van der Waals surface area contributed by atoms with E-state index in [1.54, 1.807) is 23.1 Å². The minimum absolute atomic E-state index is 0. The van der Waals surface area contributed by atoms with E-state index >= 15 is 0 Å². The van der Waals surface area contributed by atoms with Crippen molar-refractivity contribution in [2.75, 3.05) is 50.0 Å². The summed E-state index contributed by atoms with van der Waals surface area (Å²) in [5.41, 5.74) is 2.27. The number of aryl methyl sites for hydroxylation is 1. The number of rotatable bonds is 11. The number of ether oxygens (including phenoxy) is 1. The van der Waals surface area contributed by atoms with Gasteiger partial charge < -0.3 is 4.74 Å². The van der Waals surface area contributed by atoms with E-state index in [2.05, 4.69) is 30.0 Å². The molecule has 1 saturated heterocycles. The number of amides is 1. The highest BCUT2D eigenvalue weighted by Crippen LogP contribution is 2.31. The zero-order valence-electron chi connectivity index (χ0n) is 20.1. The second kappa shape index (κ2) is 14.4. The van der Waals surface area contributed by atoms with Crippen LogP contribution in [0.4, 0.5) is 5.13 Å². The third-order valence-corrected chi connectivity index (χ3v) is 8.35. The van der Waals surface area contributed by atoms with Crippen LogP contribution < -0.4 is 4.90 Å². The van der Waals surface area contributed by atoms with E-state index in [1.165, 1.54) is 10.5 Å². The zero-order chi connectivity index (χ0) is 23.8. The van der Waals surface area contributed by atoms with Gasteiger partial charge in [0.05, 0.1) is 23.4 Å². The molecule has 0 saturated carbocycles. The second-order valence-corrected chi connectivity index (χ2v) is 11.0. The normalized spacial score (nSPS) is 14.1. The maximum Gasteiger partial charge on any atom is 0.228 e. The number of fused-ring (bicyclic) bond motifs is 1. The second-order valence-electron chi connectivity index (χ2n) is 8.41. The third kappa shape index (κ3) is 8.34. The van der Waals surface area contributed by atoms with Gasteiger partial charge >= 0.3 is 0 Å². The standard InChI is InChI=1S/C26H32ClN3O2S2.ClH/c1-2-20-6-11-23-24(19-20)34-26(28-23)30(13-4-12-29-14-16-32-17-15-29)25(31)5-3-18-33-22-9-7-21(27)8-10-22;/h6-11,19H,2-5,12-18H2,1H3;1H. The van der Waals surface area contributed by atoms with Crippen molar-refractivity contribution in [1.82, 2.24) is 9.88 Å². The molecule has 1 aliphatic heterocycles. The van der Waals surface area contributed by atoms with Gasteiger partial charge in [-0.15, -0.1) is 24.2 Å². The van der Waals surface area contributed by atoms with Crippen molar-refractivity contribution in [3.05, 3.63) is 53.1 Å². The van der Waals surface area contributed by atoms with Crippen LogP contribution in [-0.2, 0) is 16.0 Å². The van der Waals surface area contributed by atoms with Crippen molar-refractivity contribution in [3.63, 3.8) is 0 Å². The maximum absolute atomic E-state index is 13.3. The van der Waals surface area contributed by atoms with Crippen molar-refractivity contribution in [1.29, 1.82) is 0 Å². The molecule has 0 bridgehead atoms. The Bertz CT molecular complexity index is 1070. The van der Waals surface area contributed by atoms with Gasteiger partial charge in [-0.3, -0.25) is 14.6 Å². The number of carbonyl (C=O) groups excluding carboxylic acids is 1. The average molecular weight is 555 g/mol. The number of halogens is 2. The van der Waals surface area contributed by atoms with E-state index in [0.717, 1.165) is 78.2 Å². The molecule has 35 heavy (non-hydrogen) atoms. The summed E-state index contributed by atoms with van der Waals surface area (Å²) < 4.78 is 6.61. The molecule has 3 aromatic rings. The number of thiazole rings is 1. The fraction of sp³-hybridized carbons (Fsp3) is 0.462. The first kappa shape index (κ1) is 28.2. The number of morpholine rings is 1. The van der Waals surface area contributed by atoms with Crippen LogP contribution >= 0.6 is 47.1 Å². The van der Waals surface area contributed by atoms with Gasteiger partial charge in [0.15, 0.2) is 5.13 Å². The van der Waals surface area contributed by atoms with E-state index in [4.69, 9.17) is 21.3 Å². The maximum atomic E-state index is 13.3. The lowest BCUT2D eigenvalue weighted by molar-refractivity contribution is -0.118. The van der Waals surface area contributed by atoms with Gasteiger partial charge in [0.2, 0.25) is 5.91 Å². The average Bonchev–Trinajstić information content (AvgIpc) is 3.29. The van der Waals surface area contributed by atoms with Crippen molar-refractivity contribution in [2.24, 2.45) is 0 Å². The summed E-state index contributed by atoms with van der Waals surface area (Å²) in [6.45, 7) is 7.36. The monoisotopic (exact) mass is 553 g/mol. The first-order valence-corrected chi connectivity index (χ1v) is 14.2. The van der Waals surface area contributed by atoms with E-state index in [-0.39, 0.29) is 18.3 Å². The number of aromatic nitrogens is 1. The van der Waals surface area contributed by atoms with Crippen molar-refractivity contribution >= 4 is 68.4 Å². The Morgan fingerprint density at radius 1 is 1.17 bits per heavy atom. The molecule has 1 amide bonds. The molecule has 0 spiro atoms. The lowest BCUT2D eigenvalue weighted by Crippen LogP contribution is -2.39. The molecule has 1 fully saturated rings. The van der Waals surface area contributed by atoms with Gasteiger partial charge in [-0.2, -0.15) is 0 Å². The highest BCUT2D eigenvalue weighted by molar-refractivity contribution is 7.99. The summed E-state index contributed by atoms with van der Waals surface area (Å²) in [5.74, 6) is 1.06. The van der Waals surface area contributed by atoms with Crippen LogP contribution in [0, 0.1) is 0 Å². The molecule has 0 atom stereocenters. The van der Waals surface area contributed by atoms with Gasteiger partial charge in [0.25, 0.3) is 0 Å². The molecule has 0 unspecified atom stereocenters. The molecule has 2 aromatic carbocycles. The molecule has 4 rings (SSSR count). The Balaban J connectivity index is 0.00000342. The summed E-state index contributed by atoms with van der Waals surface area (Å²) in [7, 11) is 0. The first-order chi connectivity index (χ1) is 16.6. The lowest BCUT2D eigenvalue weighted by Gasteiger charge is -2.27. The number of nitrogens with zero attached hydrogens (tertiary/aromatic N) is 3. The SMILES string of the molecule is CCc1ccc2nc(N(CCCN3CCOCC3)C(=O)CCCSc3ccc(Cl)cc3)sc2c1.Cl. The summed E-state index contributed by atoms with van der Waals surface area (Å²) >= 11 is 9.36. The number of hydrogen-bond donors (Lipinski definition) is 0. The quantitative estimate of drug-likeness (QED) is 0.198. The lowest BCUT2D eigenvalue weighted by atomic mass is 10.2. The number of carbonyl (C=O) groups is 1. The van der Waals surface area contributed by atoms with Gasteiger partial charge in [0.1, 0.15) is 0 Å². The number of anilines is 1. The third-order valence-electron chi connectivity index (χ3n) is 5.96. The van der Waals surface area contributed by atoms with Crippen LogP contribution in [0.3, 0.4) is 0 Å². The topological polar surface area (TPSA) is 45.7 Å². The van der Waals surface area contributed by atoms with Gasteiger partial charge in [-0.1, -0.05) is 35.9 Å². The predicted molar refractivity (Wildman–Crippen MR) is 152 cm³/mol. The molecule has 0 N–H and O–H groups in total. The number of hydrogen-bond acceptors (Lipinski definition) is 6. The van der Waals surface area contributed by atoms with Crippen molar-refractivity contribution in [2.45, 2.75) is 37.5 Å². The Labute approximate surface area is 227 Å². The molecule has 5 nitrogen and oxygen atoms in total. The minimum atomic E-state index is 0. The van der Waals surface area contributed by atoms with E-state index < -0.39 is 0 Å². The largest absolute Gasteiger partial charge is 0.379 e. The van der Waals surface area contributed by atoms with Crippen LogP contribution in [0.1, 0.15) is 31.7 Å². The summed E-state index contributed by atoms with van der Waals surface area (Å²) in [6, 6.07) is 14.3. The predicted octanol–water partition coefficient (Wildman–Crippen LogP) is 6.56. The van der Waals surface area contributed by atoms with Crippen molar-refractivity contribution in [3.8, 4) is 0 Å². The summed E-state index contributed by atoms with van der Waals surface area (Å²) in [5, 5.41) is 1.56. The molecular formula is C26H33Cl2N3O2S2. The zero-order valence-corrected chi connectivity index (χ0v) is 23.3. The Kier molecular flexibility index (Phi) is 11.6. The van der Waals surface area contributed by atoms with Crippen LogP contribution in [0.2, 0.25) is 5.02 Å². The molecule has 9 heteroatoms. The summed E-state index contributed by atoms with van der Waals surface area (Å²) in [4.78, 5) is 23.7. The highest BCUT2D eigenvalue weighted by Gasteiger charge is 2.20. The van der Waals surface area contributed by atoms with Crippen LogP contribution in [0.5, 0.6) is 0 Å². The van der Waals surface area contributed by atoms with Crippen LogP contribution in [0.25, 0.3) is 10.2 Å². The first-order valence-electron chi connectivity index (χ1n) is 12.0. The molecule has 0 radical (unpaired) electrons. The van der Waals surface area contributed by atoms with Crippen LogP contribution in [0.15, 0.2) is 47.4 Å². The van der Waals surface area contributed by atoms with E-state index in [9.17, 15) is 4.79 Å². The van der Waals surface area contributed by atoms with Gasteiger partial charge in [0, 0.05) is 42.5 Å². The minimum Gasteiger partial charge on any atom is -0.379 e. The molecule has 2 heterocycles. The smallest absolute Gasteiger partial charge is 0.228 e. The molecular weight excluding hydrogens is 521 g/mol. The molecule has 1 aromatic heterocycles. The molecule has 0 aliphatic carbocycles. The fourth-order valence-corrected chi connectivity index (χ4v) is 6.03. The number of benzene rings is 2. The highest BCUT2D eigenvalue weighted by atomic mass is 35.5. The van der Waals surface area contributed by atoms with Crippen LogP contribution in [-0.4, -0.2) is 60.9 Å². The molecule has 1 aliphatic rings.